The first-order chi connectivity index (χ1) is 7.93. The Morgan fingerprint density at radius 2 is 2.18 bits per heavy atom. The normalized spacial score (nSPS) is 16.7. The van der Waals surface area contributed by atoms with Gasteiger partial charge in [0.15, 0.2) is 0 Å². The maximum Gasteiger partial charge on any atom is 0.230 e. The SMILES string of the molecule is Cl.c1csc(-c2noc(C3CC[NH2+]CC3)n2)c1. The summed E-state index contributed by atoms with van der Waals surface area (Å²) in [6, 6.07) is 4.03. The minimum Gasteiger partial charge on any atom is -0.346 e. The van der Waals surface area contributed by atoms with Gasteiger partial charge in [-0.3, -0.25) is 0 Å². The Labute approximate surface area is 110 Å². The van der Waals surface area contributed by atoms with Gasteiger partial charge in [-0.25, -0.2) is 0 Å². The largest absolute Gasteiger partial charge is 0.346 e. The molecule has 6 heteroatoms. The average Bonchev–Trinajstić information content (AvgIpc) is 3.01. The molecule has 2 N–H and O–H groups in total. The number of aromatic nitrogens is 2. The average molecular weight is 273 g/mol. The number of rotatable bonds is 2. The standard InChI is InChI=1S/C11H13N3OS.ClH/c1-2-9(16-7-1)10-13-11(15-14-10)8-3-5-12-6-4-8;/h1-2,7-8,12H,3-6H2;1H/p+1. The second kappa shape index (κ2) is 5.62. The summed E-state index contributed by atoms with van der Waals surface area (Å²) in [4.78, 5) is 5.58. The highest BCUT2D eigenvalue weighted by atomic mass is 35.5. The molecule has 0 bridgehead atoms. The van der Waals surface area contributed by atoms with E-state index in [2.05, 4.69) is 15.5 Å². The number of nitrogens with zero attached hydrogens (tertiary/aromatic N) is 2. The van der Waals surface area contributed by atoms with Gasteiger partial charge < -0.3 is 9.84 Å². The predicted octanol–water partition coefficient (Wildman–Crippen LogP) is 1.66. The van der Waals surface area contributed by atoms with E-state index >= 15 is 0 Å². The molecule has 1 aliphatic rings. The summed E-state index contributed by atoms with van der Waals surface area (Å²) >= 11 is 1.64. The van der Waals surface area contributed by atoms with Gasteiger partial charge in [0.05, 0.1) is 18.0 Å². The van der Waals surface area contributed by atoms with Crippen LogP contribution in [0.1, 0.15) is 24.7 Å². The summed E-state index contributed by atoms with van der Waals surface area (Å²) in [5.74, 6) is 2.02. The van der Waals surface area contributed by atoms with Crippen LogP contribution in [0.25, 0.3) is 10.7 Å². The molecule has 0 unspecified atom stereocenters. The fourth-order valence-electron chi connectivity index (χ4n) is 2.08. The molecule has 0 aromatic carbocycles. The lowest BCUT2D eigenvalue weighted by Gasteiger charge is -2.15. The quantitative estimate of drug-likeness (QED) is 0.905. The summed E-state index contributed by atoms with van der Waals surface area (Å²) < 4.78 is 5.36. The van der Waals surface area contributed by atoms with E-state index in [1.54, 1.807) is 11.3 Å². The molecule has 2 aromatic heterocycles. The first-order valence-electron chi connectivity index (χ1n) is 5.62. The fraction of sp³-hybridized carbons (Fsp3) is 0.455. The van der Waals surface area contributed by atoms with Crippen LogP contribution in [0.3, 0.4) is 0 Å². The van der Waals surface area contributed by atoms with Crippen molar-refractivity contribution in [1.82, 2.24) is 10.1 Å². The highest BCUT2D eigenvalue weighted by Gasteiger charge is 2.23. The maximum absolute atomic E-state index is 5.36. The molecule has 0 saturated carbocycles. The lowest BCUT2D eigenvalue weighted by molar-refractivity contribution is -0.663. The lowest BCUT2D eigenvalue weighted by atomic mass is 9.98. The van der Waals surface area contributed by atoms with E-state index in [9.17, 15) is 0 Å². The second-order valence-corrected chi connectivity index (χ2v) is 5.02. The molecule has 0 aliphatic carbocycles. The van der Waals surface area contributed by atoms with Crippen molar-refractivity contribution in [2.24, 2.45) is 0 Å². The number of piperidine rings is 1. The van der Waals surface area contributed by atoms with E-state index in [1.807, 2.05) is 17.5 Å². The molecular formula is C11H15ClN3OS+. The van der Waals surface area contributed by atoms with Crippen molar-refractivity contribution in [3.05, 3.63) is 23.4 Å². The third-order valence-corrected chi connectivity index (χ3v) is 3.84. The molecule has 1 aliphatic heterocycles. The van der Waals surface area contributed by atoms with Gasteiger partial charge in [0, 0.05) is 18.8 Å². The Kier molecular flexibility index (Phi) is 4.15. The summed E-state index contributed by atoms with van der Waals surface area (Å²) in [5, 5.41) is 8.42. The number of hydrogen-bond acceptors (Lipinski definition) is 4. The molecule has 0 radical (unpaired) electrons. The van der Waals surface area contributed by atoms with Crippen molar-refractivity contribution in [1.29, 1.82) is 0 Å². The van der Waals surface area contributed by atoms with Crippen LogP contribution in [-0.4, -0.2) is 23.2 Å². The van der Waals surface area contributed by atoms with E-state index in [1.165, 1.54) is 13.1 Å². The van der Waals surface area contributed by atoms with Gasteiger partial charge in [0.2, 0.25) is 11.7 Å². The maximum atomic E-state index is 5.36. The van der Waals surface area contributed by atoms with Crippen molar-refractivity contribution >= 4 is 23.7 Å². The van der Waals surface area contributed by atoms with Gasteiger partial charge in [-0.1, -0.05) is 11.2 Å². The highest BCUT2D eigenvalue weighted by molar-refractivity contribution is 7.13. The Hall–Kier alpha value is -0.910. The Morgan fingerprint density at radius 1 is 1.35 bits per heavy atom. The molecule has 3 heterocycles. The van der Waals surface area contributed by atoms with Gasteiger partial charge in [-0.15, -0.1) is 23.7 Å². The van der Waals surface area contributed by atoms with Crippen LogP contribution in [0, 0.1) is 0 Å². The molecular weight excluding hydrogens is 258 g/mol. The van der Waals surface area contributed by atoms with Gasteiger partial charge in [-0.05, 0) is 11.4 Å². The summed E-state index contributed by atoms with van der Waals surface area (Å²) in [6.45, 7) is 2.34. The topological polar surface area (TPSA) is 55.5 Å². The molecule has 0 atom stereocenters. The van der Waals surface area contributed by atoms with Gasteiger partial charge in [0.25, 0.3) is 0 Å². The van der Waals surface area contributed by atoms with Gasteiger partial charge in [0.1, 0.15) is 0 Å². The zero-order chi connectivity index (χ0) is 10.8. The van der Waals surface area contributed by atoms with Crippen molar-refractivity contribution < 1.29 is 9.84 Å². The third kappa shape index (κ3) is 2.68. The third-order valence-electron chi connectivity index (χ3n) is 2.97. The Bertz CT molecular complexity index is 451. The first kappa shape index (κ1) is 12.5. The van der Waals surface area contributed by atoms with Crippen LogP contribution in [0.2, 0.25) is 0 Å². The number of thiophene rings is 1. The van der Waals surface area contributed by atoms with Gasteiger partial charge in [-0.2, -0.15) is 4.98 Å². The van der Waals surface area contributed by atoms with Crippen molar-refractivity contribution in [3.8, 4) is 10.7 Å². The van der Waals surface area contributed by atoms with E-state index in [0.29, 0.717) is 5.92 Å². The molecule has 0 spiro atoms. The van der Waals surface area contributed by atoms with Crippen molar-refractivity contribution in [3.63, 3.8) is 0 Å². The van der Waals surface area contributed by atoms with Crippen LogP contribution in [0.5, 0.6) is 0 Å². The number of hydrogen-bond donors (Lipinski definition) is 1. The number of quaternary nitrogens is 1. The first-order valence-corrected chi connectivity index (χ1v) is 6.50. The van der Waals surface area contributed by atoms with E-state index in [-0.39, 0.29) is 12.4 Å². The van der Waals surface area contributed by atoms with Crippen molar-refractivity contribution in [2.45, 2.75) is 18.8 Å². The number of halogens is 1. The summed E-state index contributed by atoms with van der Waals surface area (Å²) in [5.41, 5.74) is 0. The Balaban J connectivity index is 0.00000108. The molecule has 17 heavy (non-hydrogen) atoms. The monoisotopic (exact) mass is 272 g/mol. The second-order valence-electron chi connectivity index (χ2n) is 4.07. The summed E-state index contributed by atoms with van der Waals surface area (Å²) in [6.07, 6.45) is 2.29. The smallest absolute Gasteiger partial charge is 0.230 e. The minimum absolute atomic E-state index is 0. The predicted molar refractivity (Wildman–Crippen MR) is 68.5 cm³/mol. The lowest BCUT2D eigenvalue weighted by Crippen LogP contribution is -2.86. The molecule has 0 amide bonds. The fourth-order valence-corrected chi connectivity index (χ4v) is 2.73. The molecule has 1 saturated heterocycles. The van der Waals surface area contributed by atoms with Crippen LogP contribution >= 0.6 is 23.7 Å². The Morgan fingerprint density at radius 3 is 2.88 bits per heavy atom. The zero-order valence-corrected chi connectivity index (χ0v) is 11.0. The molecule has 92 valence electrons. The molecule has 4 nitrogen and oxygen atoms in total. The van der Waals surface area contributed by atoms with Crippen LogP contribution in [0.15, 0.2) is 22.0 Å². The van der Waals surface area contributed by atoms with E-state index < -0.39 is 0 Å². The summed E-state index contributed by atoms with van der Waals surface area (Å²) in [7, 11) is 0. The zero-order valence-electron chi connectivity index (χ0n) is 9.33. The van der Waals surface area contributed by atoms with E-state index in [0.717, 1.165) is 29.4 Å². The molecule has 2 aromatic rings. The van der Waals surface area contributed by atoms with Crippen LogP contribution in [-0.2, 0) is 0 Å². The van der Waals surface area contributed by atoms with E-state index in [4.69, 9.17) is 4.52 Å². The molecule has 1 fully saturated rings. The molecule has 3 rings (SSSR count). The van der Waals surface area contributed by atoms with Gasteiger partial charge >= 0.3 is 0 Å². The number of nitrogens with two attached hydrogens (primary N) is 1. The van der Waals surface area contributed by atoms with Crippen LogP contribution < -0.4 is 5.32 Å². The van der Waals surface area contributed by atoms with Crippen molar-refractivity contribution in [2.75, 3.05) is 13.1 Å². The van der Waals surface area contributed by atoms with Crippen LogP contribution in [0.4, 0.5) is 0 Å². The highest BCUT2D eigenvalue weighted by Crippen LogP contribution is 2.26. The minimum atomic E-state index is 0.